The third kappa shape index (κ3) is 2.62. The molecule has 0 radical (unpaired) electrons. The highest BCUT2D eigenvalue weighted by Crippen LogP contribution is 2.30. The number of methoxy groups -OCH3 is 1. The standard InChI is InChI=1S/C16H22N2OS/c1-11-3-5-12(6-4-11)10-18-15-9-13(19-2)7-8-14(15)17-16(18)20/h7-9,11-12H,3-6,10H2,1-2H3,(H,17,20). The van der Waals surface area contributed by atoms with E-state index in [1.165, 1.54) is 25.7 Å². The van der Waals surface area contributed by atoms with Crippen molar-refractivity contribution in [2.45, 2.75) is 39.2 Å². The molecule has 0 atom stereocenters. The Morgan fingerprint density at radius 1 is 1.30 bits per heavy atom. The number of aromatic nitrogens is 2. The predicted molar refractivity (Wildman–Crippen MR) is 84.8 cm³/mol. The Bertz CT molecular complexity index is 650. The number of imidazole rings is 1. The number of rotatable bonds is 3. The fraction of sp³-hybridized carbons (Fsp3) is 0.562. The molecule has 108 valence electrons. The Morgan fingerprint density at radius 3 is 2.75 bits per heavy atom. The van der Waals surface area contributed by atoms with Crippen molar-refractivity contribution in [2.24, 2.45) is 11.8 Å². The van der Waals surface area contributed by atoms with Gasteiger partial charge in [-0.3, -0.25) is 0 Å². The van der Waals surface area contributed by atoms with Gasteiger partial charge in [-0.15, -0.1) is 0 Å². The van der Waals surface area contributed by atoms with Crippen LogP contribution in [0.3, 0.4) is 0 Å². The normalized spacial score (nSPS) is 23.1. The smallest absolute Gasteiger partial charge is 0.178 e. The van der Waals surface area contributed by atoms with Gasteiger partial charge in [-0.05, 0) is 49.0 Å². The number of nitrogens with one attached hydrogen (secondary N) is 1. The van der Waals surface area contributed by atoms with E-state index in [-0.39, 0.29) is 0 Å². The van der Waals surface area contributed by atoms with Crippen LogP contribution in [0.25, 0.3) is 11.0 Å². The molecular formula is C16H22N2OS. The third-order valence-corrected chi connectivity index (χ3v) is 4.88. The van der Waals surface area contributed by atoms with E-state index in [0.29, 0.717) is 0 Å². The van der Waals surface area contributed by atoms with Crippen molar-refractivity contribution in [1.82, 2.24) is 9.55 Å². The van der Waals surface area contributed by atoms with Gasteiger partial charge in [-0.2, -0.15) is 0 Å². The highest BCUT2D eigenvalue weighted by Gasteiger charge is 2.19. The molecule has 1 aromatic heterocycles. The van der Waals surface area contributed by atoms with Gasteiger partial charge in [0.05, 0.1) is 18.1 Å². The first kappa shape index (κ1) is 13.7. The molecule has 20 heavy (non-hydrogen) atoms. The Balaban J connectivity index is 1.90. The summed E-state index contributed by atoms with van der Waals surface area (Å²) in [5, 5.41) is 0. The summed E-state index contributed by atoms with van der Waals surface area (Å²) in [6, 6.07) is 6.09. The quantitative estimate of drug-likeness (QED) is 0.841. The number of hydrogen-bond acceptors (Lipinski definition) is 2. The summed E-state index contributed by atoms with van der Waals surface area (Å²) < 4.78 is 8.40. The van der Waals surface area contributed by atoms with Crippen molar-refractivity contribution in [3.05, 3.63) is 23.0 Å². The minimum atomic E-state index is 0.753. The molecular weight excluding hydrogens is 268 g/mol. The molecule has 2 aromatic rings. The number of fused-ring (bicyclic) bond motifs is 1. The summed E-state index contributed by atoms with van der Waals surface area (Å²) in [6.45, 7) is 3.39. The molecule has 1 fully saturated rings. The summed E-state index contributed by atoms with van der Waals surface area (Å²) >= 11 is 5.49. The average Bonchev–Trinajstić information content (AvgIpc) is 2.77. The highest BCUT2D eigenvalue weighted by molar-refractivity contribution is 7.71. The van der Waals surface area contributed by atoms with E-state index in [9.17, 15) is 0 Å². The van der Waals surface area contributed by atoms with Gasteiger partial charge in [0.15, 0.2) is 4.77 Å². The van der Waals surface area contributed by atoms with Crippen LogP contribution in [-0.4, -0.2) is 16.7 Å². The third-order valence-electron chi connectivity index (χ3n) is 4.56. The fourth-order valence-corrected chi connectivity index (χ4v) is 3.49. The number of hydrogen-bond donors (Lipinski definition) is 1. The second-order valence-corrected chi connectivity index (χ2v) is 6.44. The SMILES string of the molecule is COc1ccc2[nH]c(=S)n(CC3CCC(C)CC3)c2c1. The molecule has 1 heterocycles. The maximum absolute atomic E-state index is 5.49. The number of nitrogens with zero attached hydrogens (tertiary/aromatic N) is 1. The van der Waals surface area contributed by atoms with Crippen LogP contribution in [0.2, 0.25) is 0 Å². The van der Waals surface area contributed by atoms with Gasteiger partial charge >= 0.3 is 0 Å². The van der Waals surface area contributed by atoms with E-state index < -0.39 is 0 Å². The summed E-state index contributed by atoms with van der Waals surface area (Å²) in [6.07, 6.45) is 5.34. The largest absolute Gasteiger partial charge is 0.497 e. The van der Waals surface area contributed by atoms with E-state index in [0.717, 1.165) is 39.9 Å². The van der Waals surface area contributed by atoms with Crippen molar-refractivity contribution in [1.29, 1.82) is 0 Å². The molecule has 1 N–H and O–H groups in total. The lowest BCUT2D eigenvalue weighted by molar-refractivity contribution is 0.266. The molecule has 3 nitrogen and oxygen atoms in total. The zero-order valence-corrected chi connectivity index (χ0v) is 13.0. The first-order valence-corrected chi connectivity index (χ1v) is 7.84. The van der Waals surface area contributed by atoms with Crippen molar-refractivity contribution < 1.29 is 4.74 Å². The van der Waals surface area contributed by atoms with Gasteiger partial charge in [0.2, 0.25) is 0 Å². The Hall–Kier alpha value is -1.29. The lowest BCUT2D eigenvalue weighted by Gasteiger charge is -2.26. The molecule has 4 heteroatoms. The molecule has 1 saturated carbocycles. The zero-order valence-electron chi connectivity index (χ0n) is 12.2. The number of aromatic amines is 1. The second kappa shape index (κ2) is 5.60. The van der Waals surface area contributed by atoms with Crippen LogP contribution >= 0.6 is 12.2 Å². The van der Waals surface area contributed by atoms with Gasteiger partial charge < -0.3 is 14.3 Å². The number of ether oxygens (including phenoxy) is 1. The molecule has 0 aliphatic heterocycles. The Kier molecular flexibility index (Phi) is 3.83. The Labute approximate surface area is 125 Å². The lowest BCUT2D eigenvalue weighted by Crippen LogP contribution is -2.17. The molecule has 0 bridgehead atoms. The molecule has 3 rings (SSSR count). The summed E-state index contributed by atoms with van der Waals surface area (Å²) in [5.74, 6) is 2.53. The molecule has 1 aliphatic carbocycles. The monoisotopic (exact) mass is 290 g/mol. The summed E-state index contributed by atoms with van der Waals surface area (Å²) in [4.78, 5) is 3.30. The first-order valence-electron chi connectivity index (χ1n) is 7.44. The van der Waals surface area contributed by atoms with Crippen LogP contribution < -0.4 is 4.74 Å². The van der Waals surface area contributed by atoms with Gasteiger partial charge in [0, 0.05) is 12.6 Å². The van der Waals surface area contributed by atoms with Crippen LogP contribution in [0.1, 0.15) is 32.6 Å². The maximum Gasteiger partial charge on any atom is 0.178 e. The summed E-state index contributed by atoms with van der Waals surface area (Å²) in [5.41, 5.74) is 2.26. The van der Waals surface area contributed by atoms with Crippen LogP contribution in [0.15, 0.2) is 18.2 Å². The average molecular weight is 290 g/mol. The van der Waals surface area contributed by atoms with Crippen LogP contribution in [0.5, 0.6) is 5.75 Å². The summed E-state index contributed by atoms with van der Waals surface area (Å²) in [7, 11) is 1.70. The first-order chi connectivity index (χ1) is 9.67. The minimum absolute atomic E-state index is 0.753. The topological polar surface area (TPSA) is 29.9 Å². The molecule has 0 amide bonds. The number of benzene rings is 1. The van der Waals surface area contributed by atoms with Crippen molar-refractivity contribution in [3.8, 4) is 5.75 Å². The highest BCUT2D eigenvalue weighted by atomic mass is 32.1. The van der Waals surface area contributed by atoms with E-state index in [1.54, 1.807) is 7.11 Å². The molecule has 0 spiro atoms. The maximum atomic E-state index is 5.49. The molecule has 0 unspecified atom stereocenters. The molecule has 0 saturated heterocycles. The van der Waals surface area contributed by atoms with Gasteiger partial charge in [-0.1, -0.05) is 19.8 Å². The second-order valence-electron chi connectivity index (χ2n) is 6.05. The lowest BCUT2D eigenvalue weighted by atomic mass is 9.83. The predicted octanol–water partition coefficient (Wildman–Crippen LogP) is 4.53. The van der Waals surface area contributed by atoms with Crippen LogP contribution in [-0.2, 0) is 6.54 Å². The van der Waals surface area contributed by atoms with Crippen LogP contribution in [0, 0.1) is 16.6 Å². The van der Waals surface area contributed by atoms with Crippen molar-refractivity contribution >= 4 is 23.3 Å². The van der Waals surface area contributed by atoms with Crippen molar-refractivity contribution in [2.75, 3.05) is 7.11 Å². The van der Waals surface area contributed by atoms with Crippen LogP contribution in [0.4, 0.5) is 0 Å². The minimum Gasteiger partial charge on any atom is -0.497 e. The zero-order chi connectivity index (χ0) is 14.1. The van der Waals surface area contributed by atoms with E-state index >= 15 is 0 Å². The Morgan fingerprint density at radius 2 is 2.05 bits per heavy atom. The molecule has 1 aliphatic rings. The van der Waals surface area contributed by atoms with Gasteiger partial charge in [-0.25, -0.2) is 0 Å². The van der Waals surface area contributed by atoms with Crippen molar-refractivity contribution in [3.63, 3.8) is 0 Å². The van der Waals surface area contributed by atoms with Gasteiger partial charge in [0.25, 0.3) is 0 Å². The van der Waals surface area contributed by atoms with E-state index in [1.807, 2.05) is 12.1 Å². The van der Waals surface area contributed by atoms with Gasteiger partial charge in [0.1, 0.15) is 5.75 Å². The number of H-pyrrole nitrogens is 1. The van der Waals surface area contributed by atoms with E-state index in [4.69, 9.17) is 17.0 Å². The fourth-order valence-electron chi connectivity index (χ4n) is 3.21. The molecule has 1 aromatic carbocycles. The van der Waals surface area contributed by atoms with E-state index in [2.05, 4.69) is 22.5 Å².